The van der Waals surface area contributed by atoms with E-state index in [9.17, 15) is 23.9 Å². The lowest BCUT2D eigenvalue weighted by Crippen LogP contribution is -2.71. The van der Waals surface area contributed by atoms with Gasteiger partial charge < -0.3 is 19.3 Å². The Balaban J connectivity index is 1.36. The Labute approximate surface area is 256 Å². The lowest BCUT2D eigenvalue weighted by Gasteiger charge is -2.63. The van der Waals surface area contributed by atoms with Crippen LogP contribution in [0.15, 0.2) is 23.8 Å². The van der Waals surface area contributed by atoms with Gasteiger partial charge in [-0.3, -0.25) is 4.79 Å². The summed E-state index contributed by atoms with van der Waals surface area (Å²) in [5.41, 5.74) is -7.71. The monoisotopic (exact) mass is 622 g/mol. The van der Waals surface area contributed by atoms with Crippen molar-refractivity contribution in [3.05, 3.63) is 23.8 Å². The van der Waals surface area contributed by atoms with Crippen molar-refractivity contribution in [2.45, 2.75) is 116 Å². The van der Waals surface area contributed by atoms with Crippen LogP contribution < -0.4 is 0 Å². The Hall–Kier alpha value is -2.36. The van der Waals surface area contributed by atoms with E-state index < -0.39 is 83.0 Å². The number of allylic oxidation sites excluding steroid dienone is 4. The highest BCUT2D eigenvalue weighted by Gasteiger charge is 2.79. The molecule has 12 atom stereocenters. The predicted molar refractivity (Wildman–Crippen MR) is 153 cm³/mol. The minimum Gasteiger partial charge on any atom is -0.431 e. The van der Waals surface area contributed by atoms with Crippen LogP contribution in [-0.2, 0) is 23.8 Å². The first-order valence-electron chi connectivity index (χ1n) is 16.0. The number of hydrogen-bond donors (Lipinski definition) is 1. The summed E-state index contributed by atoms with van der Waals surface area (Å²) in [7, 11) is 0. The van der Waals surface area contributed by atoms with Crippen LogP contribution in [0.1, 0.15) is 86.5 Å². The van der Waals surface area contributed by atoms with E-state index in [1.165, 1.54) is 19.1 Å². The standard InChI is InChI=1S/C34H45F3O7/c1-18-13-20-21-15-23(36)22-14-19(38)7-12-31(22,5)33(21,37)25(39)16-32(20,6)34(18,27(40)42-17-35)44-28(41)43-26-9-10-29(2,3)24-8-11-30(24,26)4/h7,12,14,18,20-21,23-26,39H,8-11,13,15-17H2,1-6H3/t18-,20+,21+,23+,24?,25+,26+,30-,31+,32+,33+,34+/m1/s1. The van der Waals surface area contributed by atoms with Crippen LogP contribution in [0, 0.1) is 45.3 Å². The number of rotatable bonds is 4. The molecule has 0 aromatic rings. The van der Waals surface area contributed by atoms with Gasteiger partial charge in [0, 0.05) is 28.1 Å². The smallest absolute Gasteiger partial charge is 0.431 e. The van der Waals surface area contributed by atoms with Crippen molar-refractivity contribution in [3.8, 4) is 0 Å². The van der Waals surface area contributed by atoms with Crippen LogP contribution in [0.2, 0.25) is 0 Å². The zero-order chi connectivity index (χ0) is 32.3. The number of ether oxygens (including phenoxy) is 3. The third-order valence-electron chi connectivity index (χ3n) is 13.6. The van der Waals surface area contributed by atoms with Crippen LogP contribution in [0.4, 0.5) is 18.0 Å². The molecule has 0 aliphatic heterocycles. The largest absolute Gasteiger partial charge is 0.509 e. The number of carbonyl (C=O) groups excluding carboxylic acids is 3. The van der Waals surface area contributed by atoms with Crippen molar-refractivity contribution in [2.75, 3.05) is 6.86 Å². The molecule has 0 aromatic carbocycles. The van der Waals surface area contributed by atoms with Crippen molar-refractivity contribution in [3.63, 3.8) is 0 Å². The van der Waals surface area contributed by atoms with E-state index in [1.54, 1.807) is 13.8 Å². The van der Waals surface area contributed by atoms with Gasteiger partial charge in [0.2, 0.25) is 12.5 Å². The molecule has 44 heavy (non-hydrogen) atoms. The summed E-state index contributed by atoms with van der Waals surface area (Å²) >= 11 is 0. The third-order valence-corrected chi connectivity index (χ3v) is 13.6. The first-order valence-corrected chi connectivity index (χ1v) is 16.0. The molecule has 0 bridgehead atoms. The number of ketones is 1. The van der Waals surface area contributed by atoms with E-state index in [0.29, 0.717) is 12.3 Å². The third kappa shape index (κ3) is 3.81. The highest BCUT2D eigenvalue weighted by molar-refractivity contribution is 6.01. The van der Waals surface area contributed by atoms with Gasteiger partial charge >= 0.3 is 12.1 Å². The maximum atomic E-state index is 17.6. The van der Waals surface area contributed by atoms with Crippen molar-refractivity contribution in [1.29, 1.82) is 0 Å². The Morgan fingerprint density at radius 3 is 2.41 bits per heavy atom. The second kappa shape index (κ2) is 9.82. The van der Waals surface area contributed by atoms with Crippen LogP contribution in [0.5, 0.6) is 0 Å². The number of fused-ring (bicyclic) bond motifs is 6. The van der Waals surface area contributed by atoms with Crippen molar-refractivity contribution in [1.82, 2.24) is 0 Å². The first kappa shape index (κ1) is 31.6. The van der Waals surface area contributed by atoms with Crippen molar-refractivity contribution >= 4 is 17.9 Å². The molecule has 5 fully saturated rings. The molecular formula is C34H45F3O7. The number of hydrogen-bond acceptors (Lipinski definition) is 7. The maximum Gasteiger partial charge on any atom is 0.509 e. The molecule has 7 nitrogen and oxygen atoms in total. The van der Waals surface area contributed by atoms with Gasteiger partial charge in [0.15, 0.2) is 11.5 Å². The molecule has 5 saturated carbocycles. The summed E-state index contributed by atoms with van der Waals surface area (Å²) in [6.45, 7) is 9.83. The highest BCUT2D eigenvalue weighted by Crippen LogP contribution is 2.72. The Morgan fingerprint density at radius 1 is 1.07 bits per heavy atom. The van der Waals surface area contributed by atoms with Gasteiger partial charge in [0.25, 0.3) is 0 Å². The normalized spacial score (nSPS) is 50.2. The molecular weight excluding hydrogens is 577 g/mol. The second-order valence-electron chi connectivity index (χ2n) is 15.9. The summed E-state index contributed by atoms with van der Waals surface area (Å²) < 4.78 is 63.9. The Bertz CT molecular complexity index is 1330. The molecule has 0 saturated heterocycles. The van der Waals surface area contributed by atoms with Crippen LogP contribution in [0.3, 0.4) is 0 Å². The molecule has 6 aliphatic rings. The molecule has 244 valence electrons. The zero-order valence-electron chi connectivity index (χ0n) is 26.5. The second-order valence-corrected chi connectivity index (χ2v) is 15.9. The molecule has 0 amide bonds. The lowest BCUT2D eigenvalue weighted by atomic mass is 9.44. The summed E-state index contributed by atoms with van der Waals surface area (Å²) in [6, 6.07) is 0. The molecule has 6 aliphatic carbocycles. The molecule has 6 rings (SSSR count). The lowest BCUT2D eigenvalue weighted by molar-refractivity contribution is -0.239. The molecule has 1 unspecified atom stereocenters. The molecule has 1 N–H and O–H groups in total. The van der Waals surface area contributed by atoms with E-state index in [-0.39, 0.29) is 35.7 Å². The van der Waals surface area contributed by atoms with E-state index in [2.05, 4.69) is 20.8 Å². The predicted octanol–water partition coefficient (Wildman–Crippen LogP) is 6.52. The van der Waals surface area contributed by atoms with Crippen molar-refractivity contribution < 1.29 is 46.9 Å². The van der Waals surface area contributed by atoms with Crippen LogP contribution in [0.25, 0.3) is 0 Å². The van der Waals surface area contributed by atoms with E-state index in [4.69, 9.17) is 14.2 Å². The van der Waals surface area contributed by atoms with Crippen molar-refractivity contribution in [2.24, 2.45) is 45.3 Å². The summed E-state index contributed by atoms with van der Waals surface area (Å²) in [5.74, 6) is -3.87. The molecule has 0 aromatic heterocycles. The molecule has 0 radical (unpaired) electrons. The van der Waals surface area contributed by atoms with Crippen LogP contribution >= 0.6 is 0 Å². The van der Waals surface area contributed by atoms with Gasteiger partial charge in [-0.05, 0) is 86.8 Å². The minimum atomic E-state index is -2.38. The van der Waals surface area contributed by atoms with Gasteiger partial charge in [-0.1, -0.05) is 40.7 Å². The van der Waals surface area contributed by atoms with E-state index in [0.717, 1.165) is 25.3 Å². The van der Waals surface area contributed by atoms with E-state index >= 15 is 8.78 Å². The Kier molecular flexibility index (Phi) is 7.06. The number of carbonyl (C=O) groups is 3. The van der Waals surface area contributed by atoms with E-state index in [1.807, 2.05) is 0 Å². The topological polar surface area (TPSA) is 99.1 Å². The van der Waals surface area contributed by atoms with Gasteiger partial charge in [-0.15, -0.1) is 0 Å². The molecule has 0 spiro atoms. The van der Waals surface area contributed by atoms with Gasteiger partial charge in [-0.2, -0.15) is 0 Å². The molecule has 0 heterocycles. The molecule has 10 heteroatoms. The summed E-state index contributed by atoms with van der Waals surface area (Å²) in [4.78, 5) is 39.6. The number of alkyl halides is 3. The number of halogens is 3. The maximum absolute atomic E-state index is 17.6. The summed E-state index contributed by atoms with van der Waals surface area (Å²) in [6.07, 6.45) is 1.56. The summed E-state index contributed by atoms with van der Waals surface area (Å²) in [5, 5.41) is 11.7. The quantitative estimate of drug-likeness (QED) is 0.357. The van der Waals surface area contributed by atoms with Gasteiger partial charge in [0.05, 0.1) is 6.10 Å². The van der Waals surface area contributed by atoms with Gasteiger partial charge in [0.1, 0.15) is 12.3 Å². The zero-order valence-corrected chi connectivity index (χ0v) is 26.5. The van der Waals surface area contributed by atoms with Crippen LogP contribution in [-0.4, -0.2) is 59.5 Å². The highest BCUT2D eigenvalue weighted by atomic mass is 19.1. The fraction of sp³-hybridized carbons (Fsp3) is 0.794. The number of esters is 1. The SMILES string of the molecule is C[C@@H]1C[C@H]2[C@@H]3C[C@H](F)C4=CC(=O)C=C[C@]4(C)[C@@]3(F)[C@@H](O)C[C@]2(C)[C@@]1(OC(=O)O[C@H]1CCC(C)(C)C2CC[C@]21C)C(=O)OCF. The average molecular weight is 623 g/mol. The van der Waals surface area contributed by atoms with Gasteiger partial charge in [-0.25, -0.2) is 22.8 Å². The number of aliphatic hydroxyl groups is 1. The fourth-order valence-electron chi connectivity index (χ4n) is 11.3. The first-order chi connectivity index (χ1) is 20.4. The minimum absolute atomic E-state index is 0.0150. The average Bonchev–Trinajstić information content (AvgIpc) is 3.14. The number of aliphatic hydroxyl groups excluding tert-OH is 1. The Morgan fingerprint density at radius 2 is 1.77 bits per heavy atom. The fourth-order valence-corrected chi connectivity index (χ4v) is 11.3.